The fourth-order valence-electron chi connectivity index (χ4n) is 1.57. The monoisotopic (exact) mass is 235 g/mol. The largest absolute Gasteiger partial charge is 0.345 e. The van der Waals surface area contributed by atoms with Gasteiger partial charge in [0, 0.05) is 29.9 Å². The summed E-state index contributed by atoms with van der Waals surface area (Å²) in [5.41, 5.74) is 2.31. The number of hydrogen-bond acceptors (Lipinski definition) is 2. The molecule has 0 fully saturated rings. The maximum Gasteiger partial charge on any atom is 0.110 e. The van der Waals surface area contributed by atoms with Gasteiger partial charge in [-0.3, -0.25) is 0 Å². The Hall–Kier alpha value is -1.32. The van der Waals surface area contributed by atoms with Crippen LogP contribution in [0.2, 0.25) is 5.02 Å². The lowest BCUT2D eigenvalue weighted by Crippen LogP contribution is -2.05. The molecule has 16 heavy (non-hydrogen) atoms. The van der Waals surface area contributed by atoms with Gasteiger partial charge in [-0.1, -0.05) is 23.7 Å². The van der Waals surface area contributed by atoms with Crippen LogP contribution >= 0.6 is 11.6 Å². The number of imidazole rings is 1. The van der Waals surface area contributed by atoms with Gasteiger partial charge in [0.05, 0.1) is 0 Å². The van der Waals surface area contributed by atoms with Crippen LogP contribution < -0.4 is 5.32 Å². The number of rotatable bonds is 4. The van der Waals surface area contributed by atoms with Gasteiger partial charge in [0.25, 0.3) is 0 Å². The molecule has 2 N–H and O–H groups in total. The third-order valence-corrected chi connectivity index (χ3v) is 2.59. The Bertz CT molecular complexity index is 448. The van der Waals surface area contributed by atoms with E-state index in [1.54, 1.807) is 0 Å². The second-order valence-electron chi connectivity index (χ2n) is 3.69. The highest BCUT2D eigenvalue weighted by molar-refractivity contribution is 6.30. The Labute approximate surface area is 99.9 Å². The molecule has 3 nitrogen and oxygen atoms in total. The lowest BCUT2D eigenvalue weighted by Gasteiger charge is -1.98. The summed E-state index contributed by atoms with van der Waals surface area (Å²) in [5.74, 6) is 0.979. The fraction of sp³-hybridized carbons (Fsp3) is 0.250. The lowest BCUT2D eigenvalue weighted by molar-refractivity contribution is 0.793. The minimum Gasteiger partial charge on any atom is -0.345 e. The summed E-state index contributed by atoms with van der Waals surface area (Å²) in [6.07, 6.45) is 2.67. The molecule has 2 aromatic rings. The minimum atomic E-state index is 0.763. The molecular formula is C12H14ClN3. The SMILES string of the molecule is CNCc1cnc(Cc2ccc(Cl)cc2)[nH]1. The number of benzene rings is 1. The van der Waals surface area contributed by atoms with Gasteiger partial charge in [-0.05, 0) is 24.7 Å². The molecule has 1 aromatic heterocycles. The van der Waals surface area contributed by atoms with Gasteiger partial charge in [0.15, 0.2) is 0 Å². The number of hydrogen-bond donors (Lipinski definition) is 2. The molecule has 0 saturated heterocycles. The van der Waals surface area contributed by atoms with E-state index >= 15 is 0 Å². The fourth-order valence-corrected chi connectivity index (χ4v) is 1.70. The van der Waals surface area contributed by atoms with E-state index in [-0.39, 0.29) is 0 Å². The van der Waals surface area contributed by atoms with Crippen molar-refractivity contribution in [2.24, 2.45) is 0 Å². The second-order valence-corrected chi connectivity index (χ2v) is 4.13. The summed E-state index contributed by atoms with van der Waals surface area (Å²) < 4.78 is 0. The van der Waals surface area contributed by atoms with E-state index in [0.717, 1.165) is 29.5 Å². The van der Waals surface area contributed by atoms with Crippen molar-refractivity contribution < 1.29 is 0 Å². The zero-order valence-electron chi connectivity index (χ0n) is 9.13. The lowest BCUT2D eigenvalue weighted by atomic mass is 10.1. The molecule has 2 rings (SSSR count). The standard InChI is InChI=1S/C12H14ClN3/c1-14-7-11-8-15-12(16-11)6-9-2-4-10(13)5-3-9/h2-5,8,14H,6-7H2,1H3,(H,15,16). The molecule has 1 aromatic carbocycles. The zero-order valence-corrected chi connectivity index (χ0v) is 9.88. The first-order chi connectivity index (χ1) is 7.78. The van der Waals surface area contributed by atoms with Gasteiger partial charge in [0.1, 0.15) is 5.82 Å². The third-order valence-electron chi connectivity index (χ3n) is 2.33. The van der Waals surface area contributed by atoms with Gasteiger partial charge >= 0.3 is 0 Å². The molecule has 0 amide bonds. The first-order valence-corrected chi connectivity index (χ1v) is 5.57. The van der Waals surface area contributed by atoms with Crippen LogP contribution in [0.3, 0.4) is 0 Å². The van der Waals surface area contributed by atoms with Crippen LogP contribution in [-0.2, 0) is 13.0 Å². The Morgan fingerprint density at radius 3 is 2.75 bits per heavy atom. The molecule has 0 aliphatic carbocycles. The van der Waals surface area contributed by atoms with Crippen molar-refractivity contribution >= 4 is 11.6 Å². The first kappa shape index (κ1) is 11.2. The number of aromatic nitrogens is 2. The maximum absolute atomic E-state index is 5.83. The average molecular weight is 236 g/mol. The molecule has 0 unspecified atom stereocenters. The van der Waals surface area contributed by atoms with Crippen LogP contribution in [0.1, 0.15) is 17.1 Å². The predicted octanol–water partition coefficient (Wildman–Crippen LogP) is 2.37. The molecule has 0 saturated carbocycles. The van der Waals surface area contributed by atoms with Crippen LogP contribution in [0.15, 0.2) is 30.5 Å². The van der Waals surface area contributed by atoms with E-state index in [9.17, 15) is 0 Å². The van der Waals surface area contributed by atoms with Crippen LogP contribution in [0.5, 0.6) is 0 Å². The van der Waals surface area contributed by atoms with Crippen LogP contribution in [0.4, 0.5) is 0 Å². The summed E-state index contributed by atoms with van der Waals surface area (Å²) >= 11 is 5.83. The Kier molecular flexibility index (Phi) is 3.59. The molecule has 4 heteroatoms. The molecule has 0 aliphatic heterocycles. The molecule has 0 atom stereocenters. The van der Waals surface area contributed by atoms with Gasteiger partial charge in [-0.25, -0.2) is 4.98 Å². The van der Waals surface area contributed by atoms with Gasteiger partial charge in [-0.2, -0.15) is 0 Å². The summed E-state index contributed by atoms with van der Waals surface area (Å²) in [6, 6.07) is 7.83. The van der Waals surface area contributed by atoms with Crippen LogP contribution in [0, 0.1) is 0 Å². The third kappa shape index (κ3) is 2.84. The van der Waals surface area contributed by atoms with Crippen molar-refractivity contribution in [3.05, 3.63) is 52.6 Å². The Morgan fingerprint density at radius 2 is 2.06 bits per heavy atom. The number of nitrogens with one attached hydrogen (secondary N) is 2. The number of H-pyrrole nitrogens is 1. The topological polar surface area (TPSA) is 40.7 Å². The number of halogens is 1. The quantitative estimate of drug-likeness (QED) is 0.854. The van der Waals surface area contributed by atoms with Gasteiger partial charge in [0.2, 0.25) is 0 Å². The predicted molar refractivity (Wildman–Crippen MR) is 65.6 cm³/mol. The average Bonchev–Trinajstić information content (AvgIpc) is 2.70. The van der Waals surface area contributed by atoms with E-state index in [1.165, 1.54) is 5.56 Å². The van der Waals surface area contributed by atoms with Crippen molar-refractivity contribution in [1.29, 1.82) is 0 Å². The molecular weight excluding hydrogens is 222 g/mol. The highest BCUT2D eigenvalue weighted by Gasteiger charge is 2.01. The van der Waals surface area contributed by atoms with Crippen molar-refractivity contribution in [2.75, 3.05) is 7.05 Å². The normalized spacial score (nSPS) is 10.6. The smallest absolute Gasteiger partial charge is 0.110 e. The second kappa shape index (κ2) is 5.14. The molecule has 1 heterocycles. The van der Waals surface area contributed by atoms with Crippen molar-refractivity contribution in [3.63, 3.8) is 0 Å². The molecule has 84 valence electrons. The number of aromatic amines is 1. The molecule has 0 bridgehead atoms. The van der Waals surface area contributed by atoms with E-state index in [2.05, 4.69) is 15.3 Å². The molecule has 0 radical (unpaired) electrons. The number of nitrogens with zero attached hydrogens (tertiary/aromatic N) is 1. The van der Waals surface area contributed by atoms with E-state index in [1.807, 2.05) is 37.5 Å². The molecule has 0 aliphatic rings. The summed E-state index contributed by atoms with van der Waals surface area (Å²) in [7, 11) is 1.92. The summed E-state index contributed by atoms with van der Waals surface area (Å²) in [4.78, 5) is 7.59. The molecule has 0 spiro atoms. The van der Waals surface area contributed by atoms with Gasteiger partial charge < -0.3 is 10.3 Å². The van der Waals surface area contributed by atoms with E-state index in [0.29, 0.717) is 0 Å². The van der Waals surface area contributed by atoms with Crippen LogP contribution in [0.25, 0.3) is 0 Å². The highest BCUT2D eigenvalue weighted by Crippen LogP contribution is 2.12. The maximum atomic E-state index is 5.83. The Balaban J connectivity index is 2.05. The van der Waals surface area contributed by atoms with Gasteiger partial charge in [-0.15, -0.1) is 0 Å². The summed E-state index contributed by atoms with van der Waals surface area (Å²) in [5, 5.41) is 3.84. The Morgan fingerprint density at radius 1 is 1.31 bits per heavy atom. The first-order valence-electron chi connectivity index (χ1n) is 5.20. The minimum absolute atomic E-state index is 0.763. The zero-order chi connectivity index (χ0) is 11.4. The highest BCUT2D eigenvalue weighted by atomic mass is 35.5. The van der Waals surface area contributed by atoms with Crippen LogP contribution in [-0.4, -0.2) is 17.0 Å². The van der Waals surface area contributed by atoms with E-state index < -0.39 is 0 Å². The van der Waals surface area contributed by atoms with Crippen molar-refractivity contribution in [3.8, 4) is 0 Å². The van der Waals surface area contributed by atoms with Crippen molar-refractivity contribution in [1.82, 2.24) is 15.3 Å². The van der Waals surface area contributed by atoms with E-state index in [4.69, 9.17) is 11.6 Å². The van der Waals surface area contributed by atoms with Crippen molar-refractivity contribution in [2.45, 2.75) is 13.0 Å². The summed E-state index contributed by atoms with van der Waals surface area (Å²) in [6.45, 7) is 0.813.